The Hall–Kier alpha value is -3.17. The number of ether oxygens (including phenoxy) is 2. The highest BCUT2D eigenvalue weighted by Gasteiger charge is 2.28. The maximum Gasteiger partial charge on any atom is 0.264 e. The summed E-state index contributed by atoms with van der Waals surface area (Å²) in [6.45, 7) is 5.95. The third-order valence-corrected chi connectivity index (χ3v) is 8.53. The number of amides is 1. The summed E-state index contributed by atoms with van der Waals surface area (Å²) in [5.74, 6) is 1.18. The predicted octanol–water partition coefficient (Wildman–Crippen LogP) is 5.12. The van der Waals surface area contributed by atoms with E-state index in [1.165, 1.54) is 42.9 Å². The van der Waals surface area contributed by atoms with Crippen molar-refractivity contribution >= 4 is 33.4 Å². The fraction of sp³-hybridized carbons (Fsp3) is 0.321. The Balaban J connectivity index is 1.75. The van der Waals surface area contributed by atoms with Crippen LogP contribution < -0.4 is 19.1 Å². The van der Waals surface area contributed by atoms with E-state index < -0.39 is 10.0 Å². The molecule has 0 unspecified atom stereocenters. The lowest BCUT2D eigenvalue weighted by atomic mass is 10.1. The van der Waals surface area contributed by atoms with Crippen molar-refractivity contribution in [2.75, 3.05) is 37.4 Å². The molecule has 0 radical (unpaired) electrons. The van der Waals surface area contributed by atoms with Crippen molar-refractivity contribution in [1.29, 1.82) is 0 Å². The van der Waals surface area contributed by atoms with Gasteiger partial charge >= 0.3 is 0 Å². The number of sulfonamides is 1. The van der Waals surface area contributed by atoms with Gasteiger partial charge in [-0.1, -0.05) is 23.8 Å². The van der Waals surface area contributed by atoms with Crippen molar-refractivity contribution in [3.63, 3.8) is 0 Å². The zero-order valence-corrected chi connectivity index (χ0v) is 23.5. The smallest absolute Gasteiger partial charge is 0.264 e. The predicted molar refractivity (Wildman–Crippen MR) is 150 cm³/mol. The molecule has 0 fully saturated rings. The number of hydrogen-bond donors (Lipinski definition) is 1. The van der Waals surface area contributed by atoms with Crippen LogP contribution in [-0.4, -0.2) is 47.4 Å². The second-order valence-electron chi connectivity index (χ2n) is 8.74. The zero-order valence-electron chi connectivity index (χ0n) is 21.9. The van der Waals surface area contributed by atoms with Gasteiger partial charge in [-0.2, -0.15) is 0 Å². The Morgan fingerprint density at radius 1 is 0.865 bits per heavy atom. The maximum atomic E-state index is 13.8. The molecule has 0 spiro atoms. The highest BCUT2D eigenvalue weighted by atomic mass is 32.2. The van der Waals surface area contributed by atoms with Crippen LogP contribution in [0.3, 0.4) is 0 Å². The van der Waals surface area contributed by atoms with Crippen molar-refractivity contribution in [2.24, 2.45) is 0 Å². The Morgan fingerprint density at radius 3 is 2.14 bits per heavy atom. The lowest BCUT2D eigenvalue weighted by Gasteiger charge is -2.25. The summed E-state index contributed by atoms with van der Waals surface area (Å²) in [5, 5.41) is 2.87. The van der Waals surface area contributed by atoms with Crippen LogP contribution in [0.15, 0.2) is 70.5 Å². The highest BCUT2D eigenvalue weighted by molar-refractivity contribution is 7.99. The fourth-order valence-corrected chi connectivity index (χ4v) is 6.10. The van der Waals surface area contributed by atoms with Gasteiger partial charge in [-0.05, 0) is 80.5 Å². The third-order valence-electron chi connectivity index (χ3n) is 5.66. The van der Waals surface area contributed by atoms with E-state index in [1.54, 1.807) is 23.9 Å². The Morgan fingerprint density at radius 2 is 1.51 bits per heavy atom. The molecule has 0 aliphatic rings. The molecule has 0 aliphatic carbocycles. The standard InChI is InChI=1S/C28H34N2O5S2/c1-20-7-9-24(10-8-20)36-14-6-13-29-28(31)19-30(23-16-21(2)15-22(3)17-23)37(32,33)25-11-12-26(34-4)27(18-25)35-5/h7-12,15-18H,6,13-14,19H2,1-5H3,(H,29,31). The monoisotopic (exact) mass is 542 g/mol. The summed E-state index contributed by atoms with van der Waals surface area (Å²) in [5.41, 5.74) is 3.44. The number of hydrogen-bond acceptors (Lipinski definition) is 6. The first-order valence-corrected chi connectivity index (χ1v) is 14.4. The Labute approximate surface area is 224 Å². The van der Waals surface area contributed by atoms with Crippen LogP contribution in [0.4, 0.5) is 5.69 Å². The number of aryl methyl sites for hydroxylation is 3. The van der Waals surface area contributed by atoms with Gasteiger partial charge in [0.05, 0.1) is 24.8 Å². The van der Waals surface area contributed by atoms with Gasteiger partial charge in [0.1, 0.15) is 6.54 Å². The van der Waals surface area contributed by atoms with Crippen molar-refractivity contribution < 1.29 is 22.7 Å². The van der Waals surface area contributed by atoms with Gasteiger partial charge < -0.3 is 14.8 Å². The molecule has 1 N–H and O–H groups in total. The van der Waals surface area contributed by atoms with Crippen LogP contribution in [0.2, 0.25) is 0 Å². The van der Waals surface area contributed by atoms with E-state index in [0.717, 1.165) is 27.6 Å². The summed E-state index contributed by atoms with van der Waals surface area (Å²) in [6.07, 6.45) is 0.760. The van der Waals surface area contributed by atoms with E-state index in [-0.39, 0.29) is 17.3 Å². The van der Waals surface area contributed by atoms with Crippen LogP contribution in [0.1, 0.15) is 23.1 Å². The molecule has 7 nitrogen and oxygen atoms in total. The fourth-order valence-electron chi connectivity index (χ4n) is 3.82. The summed E-state index contributed by atoms with van der Waals surface area (Å²) in [4.78, 5) is 14.1. The Bertz CT molecular complexity index is 1300. The molecule has 0 heterocycles. The quantitative estimate of drug-likeness (QED) is 0.253. The van der Waals surface area contributed by atoms with E-state index >= 15 is 0 Å². The third kappa shape index (κ3) is 7.66. The average Bonchev–Trinajstić information content (AvgIpc) is 2.87. The van der Waals surface area contributed by atoms with E-state index in [9.17, 15) is 13.2 Å². The van der Waals surface area contributed by atoms with Gasteiger partial charge in [0.2, 0.25) is 5.91 Å². The van der Waals surface area contributed by atoms with Crippen molar-refractivity contribution in [3.05, 3.63) is 77.4 Å². The number of nitrogens with zero attached hydrogens (tertiary/aromatic N) is 1. The van der Waals surface area contributed by atoms with E-state index in [2.05, 4.69) is 36.5 Å². The lowest BCUT2D eigenvalue weighted by Crippen LogP contribution is -2.41. The van der Waals surface area contributed by atoms with Crippen LogP contribution in [0, 0.1) is 20.8 Å². The number of rotatable bonds is 12. The number of anilines is 1. The number of nitrogens with one attached hydrogen (secondary N) is 1. The zero-order chi connectivity index (χ0) is 27.0. The molecule has 37 heavy (non-hydrogen) atoms. The maximum absolute atomic E-state index is 13.8. The summed E-state index contributed by atoms with van der Waals surface area (Å²) in [7, 11) is -1.15. The van der Waals surface area contributed by atoms with Crippen LogP contribution in [0.25, 0.3) is 0 Å². The van der Waals surface area contributed by atoms with Gasteiger partial charge in [0, 0.05) is 17.5 Å². The van der Waals surface area contributed by atoms with Gasteiger partial charge in [-0.25, -0.2) is 8.42 Å². The summed E-state index contributed by atoms with van der Waals surface area (Å²) >= 11 is 1.72. The minimum absolute atomic E-state index is 0.00612. The molecule has 198 valence electrons. The molecule has 9 heteroatoms. The molecule has 1 amide bonds. The average molecular weight is 543 g/mol. The first-order chi connectivity index (χ1) is 17.6. The molecule has 0 aliphatic heterocycles. The molecule has 0 aromatic heterocycles. The number of benzene rings is 3. The number of carbonyl (C=O) groups excluding carboxylic acids is 1. The van der Waals surface area contributed by atoms with Crippen molar-refractivity contribution in [2.45, 2.75) is 37.0 Å². The molecule has 0 saturated carbocycles. The second-order valence-corrected chi connectivity index (χ2v) is 11.8. The molecule has 3 aromatic carbocycles. The Kier molecular flexibility index (Phi) is 9.88. The number of carbonyl (C=O) groups is 1. The summed E-state index contributed by atoms with van der Waals surface area (Å²) < 4.78 is 39.2. The number of thioether (sulfide) groups is 1. The highest BCUT2D eigenvalue weighted by Crippen LogP contribution is 2.32. The largest absolute Gasteiger partial charge is 0.493 e. The number of methoxy groups -OCH3 is 2. The molecule has 3 aromatic rings. The minimum Gasteiger partial charge on any atom is -0.493 e. The molecule has 3 rings (SSSR count). The lowest BCUT2D eigenvalue weighted by molar-refractivity contribution is -0.119. The van der Waals surface area contributed by atoms with E-state index in [4.69, 9.17) is 9.47 Å². The van der Waals surface area contributed by atoms with Gasteiger partial charge in [-0.15, -0.1) is 11.8 Å². The van der Waals surface area contributed by atoms with Crippen molar-refractivity contribution in [1.82, 2.24) is 5.32 Å². The molecular weight excluding hydrogens is 508 g/mol. The van der Waals surface area contributed by atoms with Gasteiger partial charge in [0.15, 0.2) is 11.5 Å². The van der Waals surface area contributed by atoms with E-state index in [1.807, 2.05) is 19.9 Å². The molecule has 0 atom stereocenters. The topological polar surface area (TPSA) is 84.9 Å². The normalized spacial score (nSPS) is 11.2. The molecular formula is C28H34N2O5S2. The van der Waals surface area contributed by atoms with Crippen molar-refractivity contribution in [3.8, 4) is 11.5 Å². The van der Waals surface area contributed by atoms with Crippen LogP contribution in [-0.2, 0) is 14.8 Å². The minimum atomic E-state index is -4.08. The van der Waals surface area contributed by atoms with Crippen LogP contribution >= 0.6 is 11.8 Å². The SMILES string of the molecule is COc1ccc(S(=O)(=O)N(CC(=O)NCCCSc2ccc(C)cc2)c2cc(C)cc(C)c2)cc1OC. The summed E-state index contributed by atoms with van der Waals surface area (Å²) in [6, 6.07) is 18.2. The van der Waals surface area contributed by atoms with Crippen LogP contribution in [0.5, 0.6) is 11.5 Å². The molecule has 0 bridgehead atoms. The van der Waals surface area contributed by atoms with Gasteiger partial charge in [0.25, 0.3) is 10.0 Å². The molecule has 0 saturated heterocycles. The second kappa shape index (κ2) is 12.9. The van der Waals surface area contributed by atoms with Gasteiger partial charge in [-0.3, -0.25) is 9.10 Å². The first kappa shape index (κ1) is 28.4. The van der Waals surface area contributed by atoms with E-state index in [0.29, 0.717) is 23.7 Å². The first-order valence-electron chi connectivity index (χ1n) is 11.9.